The molecule has 0 bridgehead atoms. The Bertz CT molecular complexity index is 481. The van der Waals surface area contributed by atoms with Crippen molar-refractivity contribution in [1.82, 2.24) is 5.32 Å². The number of rotatable bonds is 8. The first-order valence-electron chi connectivity index (χ1n) is 7.33. The molecule has 1 aromatic carbocycles. The van der Waals surface area contributed by atoms with Gasteiger partial charge in [0, 0.05) is 12.6 Å². The van der Waals surface area contributed by atoms with E-state index in [1.54, 1.807) is 13.2 Å². The Balaban J connectivity index is 2.61. The van der Waals surface area contributed by atoms with Crippen LogP contribution < -0.4 is 14.8 Å². The Morgan fingerprint density at radius 1 is 1.33 bits per heavy atom. The fourth-order valence-electron chi connectivity index (χ4n) is 1.78. The Kier molecular flexibility index (Phi) is 7.37. The van der Waals surface area contributed by atoms with Crippen LogP contribution in [0.3, 0.4) is 0 Å². The molecule has 1 amide bonds. The summed E-state index contributed by atoms with van der Waals surface area (Å²) < 4.78 is 10.7. The molecule has 4 nitrogen and oxygen atoms in total. The topological polar surface area (TPSA) is 47.6 Å². The summed E-state index contributed by atoms with van der Waals surface area (Å²) in [6, 6.07) is 5.59. The molecule has 0 aliphatic rings. The molecule has 116 valence electrons. The Hall–Kier alpha value is -1.97. The van der Waals surface area contributed by atoms with Crippen molar-refractivity contribution in [2.75, 3.05) is 20.3 Å². The summed E-state index contributed by atoms with van der Waals surface area (Å²) in [6.45, 7) is 7.48. The number of hydrogen-bond donors (Lipinski definition) is 1. The van der Waals surface area contributed by atoms with Gasteiger partial charge in [0.1, 0.15) is 0 Å². The monoisotopic (exact) mass is 291 g/mol. The third-order valence-corrected chi connectivity index (χ3v) is 2.94. The van der Waals surface area contributed by atoms with E-state index in [0.29, 0.717) is 30.6 Å². The smallest absolute Gasteiger partial charge is 0.243 e. The second kappa shape index (κ2) is 9.06. The van der Waals surface area contributed by atoms with Gasteiger partial charge in [-0.15, -0.1) is 0 Å². The highest BCUT2D eigenvalue weighted by Crippen LogP contribution is 2.28. The van der Waals surface area contributed by atoms with Crippen LogP contribution in [0.4, 0.5) is 0 Å². The number of nitrogens with one attached hydrogen (secondary N) is 1. The van der Waals surface area contributed by atoms with E-state index in [0.717, 1.165) is 12.0 Å². The summed E-state index contributed by atoms with van der Waals surface area (Å²) >= 11 is 0. The lowest BCUT2D eigenvalue weighted by atomic mass is 10.1. The first kappa shape index (κ1) is 17.1. The maximum absolute atomic E-state index is 11.7. The van der Waals surface area contributed by atoms with Gasteiger partial charge in [-0.25, -0.2) is 0 Å². The molecule has 0 radical (unpaired) electrons. The summed E-state index contributed by atoms with van der Waals surface area (Å²) in [4.78, 5) is 11.7. The van der Waals surface area contributed by atoms with Crippen LogP contribution in [-0.4, -0.2) is 26.2 Å². The maximum atomic E-state index is 11.7. The van der Waals surface area contributed by atoms with Gasteiger partial charge in [-0.2, -0.15) is 0 Å². The Morgan fingerprint density at radius 2 is 2.10 bits per heavy atom. The van der Waals surface area contributed by atoms with Gasteiger partial charge in [-0.3, -0.25) is 4.79 Å². The van der Waals surface area contributed by atoms with Crippen molar-refractivity contribution >= 4 is 12.0 Å². The normalized spacial score (nSPS) is 10.9. The molecule has 0 spiro atoms. The standard InChI is InChI=1S/C17H25NO3/c1-5-21-15-8-6-14(12-16(15)20-4)7-9-17(19)18-11-10-13(2)3/h6-9,12-13H,5,10-11H2,1-4H3,(H,18,19). The zero-order chi connectivity index (χ0) is 15.7. The van der Waals surface area contributed by atoms with E-state index in [9.17, 15) is 4.79 Å². The number of benzene rings is 1. The van der Waals surface area contributed by atoms with E-state index in [1.807, 2.05) is 25.1 Å². The molecule has 0 heterocycles. The van der Waals surface area contributed by atoms with Gasteiger partial charge < -0.3 is 14.8 Å². The van der Waals surface area contributed by atoms with E-state index < -0.39 is 0 Å². The van der Waals surface area contributed by atoms with E-state index in [2.05, 4.69) is 19.2 Å². The van der Waals surface area contributed by atoms with E-state index in [4.69, 9.17) is 9.47 Å². The molecular formula is C17H25NO3. The van der Waals surface area contributed by atoms with Crippen molar-refractivity contribution in [3.05, 3.63) is 29.8 Å². The molecule has 1 N–H and O–H groups in total. The number of methoxy groups -OCH3 is 1. The van der Waals surface area contributed by atoms with Crippen molar-refractivity contribution in [3.8, 4) is 11.5 Å². The van der Waals surface area contributed by atoms with Gasteiger partial charge in [0.05, 0.1) is 13.7 Å². The summed E-state index contributed by atoms with van der Waals surface area (Å²) in [5.74, 6) is 1.88. The zero-order valence-corrected chi connectivity index (χ0v) is 13.3. The number of hydrogen-bond acceptors (Lipinski definition) is 3. The van der Waals surface area contributed by atoms with Crippen LogP contribution in [0.1, 0.15) is 32.8 Å². The van der Waals surface area contributed by atoms with Crippen molar-refractivity contribution in [3.63, 3.8) is 0 Å². The quantitative estimate of drug-likeness (QED) is 0.748. The first-order valence-corrected chi connectivity index (χ1v) is 7.33. The largest absolute Gasteiger partial charge is 0.493 e. The summed E-state index contributed by atoms with van der Waals surface area (Å²) in [5, 5.41) is 2.86. The lowest BCUT2D eigenvalue weighted by molar-refractivity contribution is -0.116. The highest BCUT2D eigenvalue weighted by Gasteiger charge is 2.04. The number of amides is 1. The Morgan fingerprint density at radius 3 is 2.71 bits per heavy atom. The van der Waals surface area contributed by atoms with Crippen LogP contribution in [0.25, 0.3) is 6.08 Å². The second-order valence-electron chi connectivity index (χ2n) is 5.15. The molecule has 0 saturated heterocycles. The molecule has 0 fully saturated rings. The molecule has 0 unspecified atom stereocenters. The lowest BCUT2D eigenvalue weighted by Crippen LogP contribution is -2.23. The number of carbonyl (C=O) groups is 1. The zero-order valence-electron chi connectivity index (χ0n) is 13.3. The third kappa shape index (κ3) is 6.34. The second-order valence-corrected chi connectivity index (χ2v) is 5.15. The van der Waals surface area contributed by atoms with E-state index in [1.165, 1.54) is 6.08 Å². The molecule has 21 heavy (non-hydrogen) atoms. The minimum atomic E-state index is -0.0801. The predicted molar refractivity (Wildman–Crippen MR) is 85.7 cm³/mol. The Labute approximate surface area is 127 Å². The average molecular weight is 291 g/mol. The van der Waals surface area contributed by atoms with Gasteiger partial charge in [-0.05, 0) is 43.0 Å². The number of carbonyl (C=O) groups excluding carboxylic acids is 1. The molecule has 0 aromatic heterocycles. The van der Waals surface area contributed by atoms with Crippen LogP contribution in [0.15, 0.2) is 24.3 Å². The average Bonchev–Trinajstić information content (AvgIpc) is 2.46. The van der Waals surface area contributed by atoms with Gasteiger partial charge in [0.25, 0.3) is 0 Å². The molecule has 4 heteroatoms. The highest BCUT2D eigenvalue weighted by molar-refractivity contribution is 5.91. The van der Waals surface area contributed by atoms with E-state index >= 15 is 0 Å². The van der Waals surface area contributed by atoms with Crippen LogP contribution in [0, 0.1) is 5.92 Å². The molecule has 0 saturated carbocycles. The molecule has 0 atom stereocenters. The summed E-state index contributed by atoms with van der Waals surface area (Å²) in [5.41, 5.74) is 0.898. The fourth-order valence-corrected chi connectivity index (χ4v) is 1.78. The summed E-state index contributed by atoms with van der Waals surface area (Å²) in [6.07, 6.45) is 4.29. The van der Waals surface area contributed by atoms with Crippen molar-refractivity contribution < 1.29 is 14.3 Å². The SMILES string of the molecule is CCOc1ccc(C=CC(=O)NCCC(C)C)cc1OC. The molecule has 1 rings (SSSR count). The van der Waals surface area contributed by atoms with Gasteiger partial charge in [-0.1, -0.05) is 19.9 Å². The van der Waals surface area contributed by atoms with Gasteiger partial charge >= 0.3 is 0 Å². The molecule has 1 aromatic rings. The van der Waals surface area contributed by atoms with Crippen LogP contribution in [0.2, 0.25) is 0 Å². The fraction of sp³-hybridized carbons (Fsp3) is 0.471. The minimum Gasteiger partial charge on any atom is -0.493 e. The lowest BCUT2D eigenvalue weighted by Gasteiger charge is -2.09. The van der Waals surface area contributed by atoms with Crippen molar-refractivity contribution in [2.24, 2.45) is 5.92 Å². The maximum Gasteiger partial charge on any atom is 0.243 e. The molecular weight excluding hydrogens is 266 g/mol. The summed E-state index contributed by atoms with van der Waals surface area (Å²) in [7, 11) is 1.60. The minimum absolute atomic E-state index is 0.0801. The van der Waals surface area contributed by atoms with Crippen molar-refractivity contribution in [1.29, 1.82) is 0 Å². The van der Waals surface area contributed by atoms with Gasteiger partial charge in [0.15, 0.2) is 11.5 Å². The van der Waals surface area contributed by atoms with Crippen LogP contribution in [-0.2, 0) is 4.79 Å². The highest BCUT2D eigenvalue weighted by atomic mass is 16.5. The first-order chi connectivity index (χ1) is 10.1. The van der Waals surface area contributed by atoms with Crippen molar-refractivity contribution in [2.45, 2.75) is 27.2 Å². The number of ether oxygens (including phenoxy) is 2. The van der Waals surface area contributed by atoms with E-state index in [-0.39, 0.29) is 5.91 Å². The van der Waals surface area contributed by atoms with Crippen LogP contribution in [0.5, 0.6) is 11.5 Å². The molecule has 0 aliphatic carbocycles. The van der Waals surface area contributed by atoms with Crippen LogP contribution >= 0.6 is 0 Å². The third-order valence-electron chi connectivity index (χ3n) is 2.94. The van der Waals surface area contributed by atoms with Gasteiger partial charge in [0.2, 0.25) is 5.91 Å². The predicted octanol–water partition coefficient (Wildman–Crippen LogP) is 3.27. The molecule has 0 aliphatic heterocycles.